The van der Waals surface area contributed by atoms with Crippen molar-refractivity contribution < 1.29 is 4.74 Å². The summed E-state index contributed by atoms with van der Waals surface area (Å²) in [6.07, 6.45) is 0. The third-order valence-corrected chi connectivity index (χ3v) is 5.81. The van der Waals surface area contributed by atoms with Gasteiger partial charge < -0.3 is 4.74 Å². The van der Waals surface area contributed by atoms with Crippen molar-refractivity contribution >= 4 is 37.1 Å². The minimum absolute atomic E-state index is 0.867. The highest BCUT2D eigenvalue weighted by Gasteiger charge is 2.11. The van der Waals surface area contributed by atoms with Crippen LogP contribution in [0.1, 0.15) is 11.1 Å². The van der Waals surface area contributed by atoms with E-state index in [1.165, 1.54) is 15.4 Å². The molecular weight excluding hydrogens is 380 g/mol. The van der Waals surface area contributed by atoms with Crippen LogP contribution < -0.4 is 4.74 Å². The summed E-state index contributed by atoms with van der Waals surface area (Å²) in [7, 11) is 1.68. The molecule has 3 aromatic rings. The topological polar surface area (TPSA) is 9.23 Å². The second-order valence-electron chi connectivity index (χ2n) is 5.15. The molecule has 0 heterocycles. The molecular formula is C21H17BrOS. The lowest BCUT2D eigenvalue weighted by atomic mass is 10.1. The van der Waals surface area contributed by atoms with E-state index in [1.807, 2.05) is 24.3 Å². The molecule has 0 fully saturated rings. The van der Waals surface area contributed by atoms with Crippen molar-refractivity contribution in [3.05, 3.63) is 96.1 Å². The molecule has 0 bridgehead atoms. The highest BCUT2D eigenvalue weighted by molar-refractivity contribution is 9.15. The van der Waals surface area contributed by atoms with E-state index in [0.717, 1.165) is 15.8 Å². The van der Waals surface area contributed by atoms with Gasteiger partial charge in [-0.15, -0.1) is 0 Å². The summed E-state index contributed by atoms with van der Waals surface area (Å²) >= 11 is 5.55. The number of halogens is 1. The minimum atomic E-state index is 0.867. The molecule has 1 nitrogen and oxygen atoms in total. The Kier molecular flexibility index (Phi) is 5.78. The van der Waals surface area contributed by atoms with Crippen molar-refractivity contribution in [1.29, 1.82) is 0 Å². The summed E-state index contributed by atoms with van der Waals surface area (Å²) in [5.74, 6) is 0.867. The van der Waals surface area contributed by atoms with Crippen molar-refractivity contribution in [3.63, 3.8) is 0 Å². The van der Waals surface area contributed by atoms with Crippen molar-refractivity contribution in [2.24, 2.45) is 0 Å². The van der Waals surface area contributed by atoms with Gasteiger partial charge >= 0.3 is 0 Å². The average Bonchev–Trinajstić information content (AvgIpc) is 2.67. The Bertz CT molecular complexity index is 811. The van der Waals surface area contributed by atoms with E-state index in [4.69, 9.17) is 4.74 Å². The van der Waals surface area contributed by atoms with Crippen molar-refractivity contribution in [3.8, 4) is 5.75 Å². The van der Waals surface area contributed by atoms with Crippen molar-refractivity contribution in [1.82, 2.24) is 0 Å². The first-order valence-corrected chi connectivity index (χ1v) is 9.21. The van der Waals surface area contributed by atoms with Gasteiger partial charge in [0.25, 0.3) is 0 Å². The molecule has 0 unspecified atom stereocenters. The van der Waals surface area contributed by atoms with Crippen LogP contribution in [0.4, 0.5) is 0 Å². The standard InChI is InChI=1S/C21H17BrOS/c1-23-18-12-14-19(15-13-18)24-21(17-10-6-3-7-11-17)20(22)16-8-4-2-5-9-16/h2-15H,1H3/b21-20-. The average molecular weight is 397 g/mol. The molecule has 3 rings (SSSR count). The first-order chi connectivity index (χ1) is 11.8. The Labute approximate surface area is 155 Å². The number of ether oxygens (including phenoxy) is 1. The molecule has 0 saturated heterocycles. The summed E-state index contributed by atoms with van der Waals surface area (Å²) in [5, 5.41) is 0. The highest BCUT2D eigenvalue weighted by Crippen LogP contribution is 2.42. The van der Waals surface area contributed by atoms with Gasteiger partial charge in [-0.3, -0.25) is 0 Å². The number of hydrogen-bond donors (Lipinski definition) is 0. The number of thioether (sulfide) groups is 1. The number of hydrogen-bond acceptors (Lipinski definition) is 2. The fraction of sp³-hybridized carbons (Fsp3) is 0.0476. The maximum atomic E-state index is 5.25. The Balaban J connectivity index is 2.02. The third kappa shape index (κ3) is 4.11. The molecule has 0 aliphatic heterocycles. The maximum Gasteiger partial charge on any atom is 0.118 e. The summed E-state index contributed by atoms with van der Waals surface area (Å²) < 4.78 is 6.34. The molecule has 0 amide bonds. The van der Waals surface area contributed by atoms with Gasteiger partial charge in [-0.05, 0) is 51.3 Å². The van der Waals surface area contributed by atoms with Crippen LogP contribution in [0.2, 0.25) is 0 Å². The zero-order chi connectivity index (χ0) is 16.8. The van der Waals surface area contributed by atoms with Crippen LogP contribution in [-0.2, 0) is 0 Å². The van der Waals surface area contributed by atoms with Crippen LogP contribution in [0.15, 0.2) is 89.8 Å². The van der Waals surface area contributed by atoms with Gasteiger partial charge in [0.2, 0.25) is 0 Å². The van der Waals surface area contributed by atoms with Gasteiger partial charge in [-0.1, -0.05) is 72.4 Å². The lowest BCUT2D eigenvalue weighted by molar-refractivity contribution is 0.414. The zero-order valence-corrected chi connectivity index (χ0v) is 15.7. The summed E-state index contributed by atoms with van der Waals surface area (Å²) in [5.41, 5.74) is 2.35. The van der Waals surface area contributed by atoms with Gasteiger partial charge in [0, 0.05) is 14.3 Å². The predicted molar refractivity (Wildman–Crippen MR) is 107 cm³/mol. The molecule has 3 aromatic carbocycles. The number of benzene rings is 3. The SMILES string of the molecule is COc1ccc(S/C(=C(\Br)c2ccccc2)c2ccccc2)cc1. The van der Waals surface area contributed by atoms with Gasteiger partial charge in [-0.2, -0.15) is 0 Å². The largest absolute Gasteiger partial charge is 0.497 e. The first-order valence-electron chi connectivity index (χ1n) is 7.60. The molecule has 0 aromatic heterocycles. The summed E-state index contributed by atoms with van der Waals surface area (Å²) in [6, 6.07) is 28.9. The summed E-state index contributed by atoms with van der Waals surface area (Å²) in [6.45, 7) is 0. The third-order valence-electron chi connectivity index (χ3n) is 3.54. The second-order valence-corrected chi connectivity index (χ2v) is 7.03. The quantitative estimate of drug-likeness (QED) is 0.350. The molecule has 24 heavy (non-hydrogen) atoms. The molecule has 0 aliphatic carbocycles. The van der Waals surface area contributed by atoms with Crippen LogP contribution >= 0.6 is 27.7 Å². The Morgan fingerprint density at radius 3 is 1.83 bits per heavy atom. The van der Waals surface area contributed by atoms with E-state index < -0.39 is 0 Å². The van der Waals surface area contributed by atoms with E-state index >= 15 is 0 Å². The van der Waals surface area contributed by atoms with E-state index in [0.29, 0.717) is 0 Å². The number of methoxy groups -OCH3 is 1. The first kappa shape index (κ1) is 16.9. The van der Waals surface area contributed by atoms with Crippen molar-refractivity contribution in [2.45, 2.75) is 4.90 Å². The molecule has 0 radical (unpaired) electrons. The normalized spacial score (nSPS) is 11.8. The molecule has 0 N–H and O–H groups in total. The van der Waals surface area contributed by atoms with Crippen LogP contribution in [0.25, 0.3) is 9.39 Å². The second kappa shape index (κ2) is 8.22. The zero-order valence-electron chi connectivity index (χ0n) is 13.3. The van der Waals surface area contributed by atoms with E-state index in [9.17, 15) is 0 Å². The highest BCUT2D eigenvalue weighted by atomic mass is 79.9. The molecule has 3 heteroatoms. The molecule has 0 saturated carbocycles. The molecule has 0 spiro atoms. The van der Waals surface area contributed by atoms with Crippen LogP contribution in [0.5, 0.6) is 5.75 Å². The number of rotatable bonds is 5. The molecule has 120 valence electrons. The van der Waals surface area contributed by atoms with Gasteiger partial charge in [0.05, 0.1) is 7.11 Å². The minimum Gasteiger partial charge on any atom is -0.497 e. The summed E-state index contributed by atoms with van der Waals surface area (Å²) in [4.78, 5) is 2.36. The maximum absolute atomic E-state index is 5.25. The molecule has 0 aliphatic rings. The Morgan fingerprint density at radius 2 is 1.29 bits per heavy atom. The van der Waals surface area contributed by atoms with Crippen molar-refractivity contribution in [2.75, 3.05) is 7.11 Å². The van der Waals surface area contributed by atoms with Crippen LogP contribution in [0.3, 0.4) is 0 Å². The van der Waals surface area contributed by atoms with Gasteiger partial charge in [-0.25, -0.2) is 0 Å². The van der Waals surface area contributed by atoms with Gasteiger partial charge in [0.15, 0.2) is 0 Å². The van der Waals surface area contributed by atoms with E-state index in [-0.39, 0.29) is 0 Å². The Morgan fingerprint density at radius 1 is 0.750 bits per heavy atom. The lowest BCUT2D eigenvalue weighted by Crippen LogP contribution is -1.86. The van der Waals surface area contributed by atoms with Crippen LogP contribution in [0, 0.1) is 0 Å². The fourth-order valence-electron chi connectivity index (χ4n) is 2.30. The van der Waals surface area contributed by atoms with Crippen LogP contribution in [-0.4, -0.2) is 7.11 Å². The van der Waals surface area contributed by atoms with E-state index in [1.54, 1.807) is 18.9 Å². The lowest BCUT2D eigenvalue weighted by Gasteiger charge is -2.12. The van der Waals surface area contributed by atoms with Gasteiger partial charge in [0.1, 0.15) is 5.75 Å². The fourth-order valence-corrected chi connectivity index (χ4v) is 4.00. The Hall–Kier alpha value is -1.97. The predicted octanol–water partition coefficient (Wildman–Crippen LogP) is 6.71. The smallest absolute Gasteiger partial charge is 0.118 e. The monoisotopic (exact) mass is 396 g/mol. The van der Waals surface area contributed by atoms with E-state index in [2.05, 4.69) is 76.6 Å². The molecule has 0 atom stereocenters.